The number of H-pyrrole nitrogens is 1. The first-order valence-corrected chi connectivity index (χ1v) is 10.4. The lowest BCUT2D eigenvalue weighted by molar-refractivity contribution is -0.129. The number of fused-ring (bicyclic) bond motifs is 2. The number of likely N-dealkylation sites (N-methyl/N-ethyl adjacent to an activating group) is 1. The molecule has 1 amide bonds. The first-order chi connectivity index (χ1) is 15.1. The number of aliphatic imine (C=N–C) groups is 1. The Morgan fingerprint density at radius 1 is 1.19 bits per heavy atom. The number of nitrogens with zero attached hydrogens (tertiary/aromatic N) is 4. The molecule has 1 aliphatic heterocycles. The van der Waals surface area contributed by atoms with Crippen LogP contribution < -0.4 is 10.1 Å². The zero-order valence-electron chi connectivity index (χ0n) is 17.5. The number of hydrogen-bond acceptors (Lipinski definition) is 7. The summed E-state index contributed by atoms with van der Waals surface area (Å²) in [7, 11) is 1.80. The monoisotopic (exact) mass is 422 g/mol. The van der Waals surface area contributed by atoms with Gasteiger partial charge in [-0.05, 0) is 31.4 Å². The second kappa shape index (κ2) is 9.46. The van der Waals surface area contributed by atoms with E-state index in [0.717, 1.165) is 25.0 Å². The molecule has 0 radical (unpaired) electrons. The number of rotatable bonds is 0. The number of carbonyl (C=O) groups excluding carboxylic acids is 1. The summed E-state index contributed by atoms with van der Waals surface area (Å²) in [6.07, 6.45) is 6.19. The molecule has 0 aliphatic carbocycles. The van der Waals surface area contributed by atoms with Crippen LogP contribution in [-0.4, -0.2) is 63.8 Å². The summed E-state index contributed by atoms with van der Waals surface area (Å²) in [4.78, 5) is 30.0. The molecule has 1 aromatic carbocycles. The summed E-state index contributed by atoms with van der Waals surface area (Å²) in [6.45, 7) is 1.65. The van der Waals surface area contributed by atoms with E-state index in [4.69, 9.17) is 4.74 Å². The molecule has 2 aromatic heterocycles. The molecule has 31 heavy (non-hydrogen) atoms. The highest BCUT2D eigenvalue weighted by molar-refractivity contribution is 6.06. The van der Waals surface area contributed by atoms with E-state index >= 15 is 0 Å². The standard InChI is InChI=1S/C22H26N6O3/c1-28-10-9-23-20-19-17(22(30)27-21(19)26-14-25-20)13-24-15-6-5-7-16(12-15)31-11-4-2-3-8-18(28)29/h5-7,12-14,30H,2-4,8-11H2,1H3,(H2,23,25,26,27). The molecule has 0 fully saturated rings. The van der Waals surface area contributed by atoms with Crippen LogP contribution in [0, 0.1) is 0 Å². The van der Waals surface area contributed by atoms with Crippen LogP contribution in [0.1, 0.15) is 31.2 Å². The summed E-state index contributed by atoms with van der Waals surface area (Å²) >= 11 is 0. The van der Waals surface area contributed by atoms with Gasteiger partial charge in [0, 0.05) is 38.8 Å². The van der Waals surface area contributed by atoms with Gasteiger partial charge in [-0.3, -0.25) is 9.79 Å². The molecule has 9 nitrogen and oxygen atoms in total. The molecule has 1 aliphatic rings. The van der Waals surface area contributed by atoms with Crippen LogP contribution >= 0.6 is 0 Å². The van der Waals surface area contributed by atoms with Gasteiger partial charge < -0.3 is 25.0 Å². The number of aromatic amines is 1. The third kappa shape index (κ3) is 4.93. The number of aromatic nitrogens is 3. The minimum absolute atomic E-state index is 0.0344. The molecule has 162 valence electrons. The highest BCUT2D eigenvalue weighted by atomic mass is 16.5. The van der Waals surface area contributed by atoms with Crippen molar-refractivity contribution in [1.29, 1.82) is 0 Å². The summed E-state index contributed by atoms with van der Waals surface area (Å²) in [5.74, 6) is 1.39. The molecule has 4 rings (SSSR count). The van der Waals surface area contributed by atoms with Gasteiger partial charge in [0.05, 0.1) is 23.2 Å². The Bertz CT molecular complexity index is 1090. The average molecular weight is 422 g/mol. The summed E-state index contributed by atoms with van der Waals surface area (Å²) in [5.41, 5.74) is 1.71. The first kappa shape index (κ1) is 20.6. The van der Waals surface area contributed by atoms with Crippen molar-refractivity contribution in [1.82, 2.24) is 19.9 Å². The van der Waals surface area contributed by atoms with E-state index in [1.165, 1.54) is 6.33 Å². The maximum absolute atomic E-state index is 12.3. The van der Waals surface area contributed by atoms with Gasteiger partial charge >= 0.3 is 0 Å². The van der Waals surface area contributed by atoms with E-state index in [9.17, 15) is 9.90 Å². The Labute approximate surface area is 180 Å². The van der Waals surface area contributed by atoms with Crippen molar-refractivity contribution in [2.75, 3.05) is 32.1 Å². The lowest BCUT2D eigenvalue weighted by atomic mass is 10.2. The van der Waals surface area contributed by atoms with Crippen molar-refractivity contribution in [3.05, 3.63) is 36.2 Å². The highest BCUT2D eigenvalue weighted by Gasteiger charge is 2.16. The van der Waals surface area contributed by atoms with E-state index in [0.29, 0.717) is 54.2 Å². The van der Waals surface area contributed by atoms with E-state index in [1.807, 2.05) is 24.3 Å². The van der Waals surface area contributed by atoms with Crippen LogP contribution in [0.3, 0.4) is 0 Å². The van der Waals surface area contributed by atoms with Crippen LogP contribution in [-0.2, 0) is 4.79 Å². The minimum atomic E-state index is -0.0344. The molecular weight excluding hydrogens is 396 g/mol. The smallest absolute Gasteiger partial charge is 0.222 e. The number of ether oxygens (including phenoxy) is 1. The van der Waals surface area contributed by atoms with Gasteiger partial charge in [-0.1, -0.05) is 6.07 Å². The van der Waals surface area contributed by atoms with Crippen molar-refractivity contribution < 1.29 is 14.6 Å². The van der Waals surface area contributed by atoms with Crippen LogP contribution in [0.25, 0.3) is 11.0 Å². The van der Waals surface area contributed by atoms with Crippen molar-refractivity contribution in [2.24, 2.45) is 4.99 Å². The third-order valence-electron chi connectivity index (χ3n) is 5.24. The van der Waals surface area contributed by atoms with E-state index in [2.05, 4.69) is 25.3 Å². The number of nitrogens with one attached hydrogen (secondary N) is 2. The third-order valence-corrected chi connectivity index (χ3v) is 5.24. The predicted octanol–water partition coefficient (Wildman–Crippen LogP) is 3.24. The Balaban J connectivity index is 1.67. The number of carbonyl (C=O) groups is 1. The normalized spacial score (nSPS) is 16.2. The lowest BCUT2D eigenvalue weighted by Crippen LogP contribution is -2.31. The molecule has 0 saturated heterocycles. The number of hydrogen-bond donors (Lipinski definition) is 3. The zero-order chi connectivity index (χ0) is 21.6. The SMILES string of the molecule is CN1CCNc2ncnc3[nH]c(O)c(c23)C=Nc2cccc(c2)OCCCCCC1=O. The average Bonchev–Trinajstić information content (AvgIpc) is 3.10. The predicted molar refractivity (Wildman–Crippen MR) is 119 cm³/mol. The van der Waals surface area contributed by atoms with Gasteiger partial charge in [0.15, 0.2) is 5.88 Å². The maximum Gasteiger partial charge on any atom is 0.222 e. The molecule has 3 aromatic rings. The topological polar surface area (TPSA) is 116 Å². The highest BCUT2D eigenvalue weighted by Crippen LogP contribution is 2.30. The molecule has 9 heteroatoms. The second-order valence-corrected chi connectivity index (χ2v) is 7.49. The molecule has 2 bridgehead atoms. The first-order valence-electron chi connectivity index (χ1n) is 10.4. The molecule has 0 saturated carbocycles. The summed E-state index contributed by atoms with van der Waals surface area (Å²) in [6, 6.07) is 7.49. The second-order valence-electron chi connectivity index (χ2n) is 7.49. The van der Waals surface area contributed by atoms with Crippen LogP contribution in [0.4, 0.5) is 11.5 Å². The van der Waals surface area contributed by atoms with Gasteiger partial charge in [0.2, 0.25) is 5.91 Å². The fraction of sp³-hybridized carbons (Fsp3) is 0.364. The van der Waals surface area contributed by atoms with E-state index < -0.39 is 0 Å². The Kier molecular flexibility index (Phi) is 6.30. The van der Waals surface area contributed by atoms with Gasteiger partial charge in [0.1, 0.15) is 23.5 Å². The van der Waals surface area contributed by atoms with Gasteiger partial charge in [0.25, 0.3) is 0 Å². The minimum Gasteiger partial charge on any atom is -0.494 e. The summed E-state index contributed by atoms with van der Waals surface area (Å²) in [5, 5.41) is 14.3. The number of anilines is 1. The summed E-state index contributed by atoms with van der Waals surface area (Å²) < 4.78 is 5.83. The Hall–Kier alpha value is -3.62. The molecule has 0 unspecified atom stereocenters. The van der Waals surface area contributed by atoms with Gasteiger partial charge in [-0.15, -0.1) is 0 Å². The van der Waals surface area contributed by atoms with Crippen molar-refractivity contribution in [3.8, 4) is 11.6 Å². The molecular formula is C22H26N6O3. The van der Waals surface area contributed by atoms with Crippen molar-refractivity contribution in [2.45, 2.75) is 25.7 Å². The zero-order valence-corrected chi connectivity index (χ0v) is 17.5. The van der Waals surface area contributed by atoms with Gasteiger partial charge in [-0.2, -0.15) is 0 Å². The number of benzene rings is 1. The fourth-order valence-corrected chi connectivity index (χ4v) is 3.49. The van der Waals surface area contributed by atoms with E-state index in [1.54, 1.807) is 18.2 Å². The molecule has 3 heterocycles. The van der Waals surface area contributed by atoms with Crippen LogP contribution in [0.15, 0.2) is 35.6 Å². The Morgan fingerprint density at radius 2 is 2.10 bits per heavy atom. The molecule has 0 atom stereocenters. The van der Waals surface area contributed by atoms with Gasteiger partial charge in [-0.25, -0.2) is 9.97 Å². The number of amides is 1. The number of aromatic hydroxyl groups is 1. The van der Waals surface area contributed by atoms with E-state index in [-0.39, 0.29) is 11.8 Å². The Morgan fingerprint density at radius 3 is 3.00 bits per heavy atom. The fourth-order valence-electron chi connectivity index (χ4n) is 3.49. The quantitative estimate of drug-likeness (QED) is 0.512. The van der Waals surface area contributed by atoms with Crippen LogP contribution in [0.2, 0.25) is 0 Å². The van der Waals surface area contributed by atoms with Crippen molar-refractivity contribution in [3.63, 3.8) is 0 Å². The molecule has 3 N–H and O–H groups in total. The largest absolute Gasteiger partial charge is 0.494 e. The van der Waals surface area contributed by atoms with Crippen LogP contribution in [0.5, 0.6) is 11.6 Å². The maximum atomic E-state index is 12.3. The lowest BCUT2D eigenvalue weighted by Gasteiger charge is -2.18. The molecule has 0 spiro atoms. The van der Waals surface area contributed by atoms with Crippen molar-refractivity contribution >= 4 is 34.7 Å².